The van der Waals surface area contributed by atoms with Gasteiger partial charge in [-0.2, -0.15) is 0 Å². The van der Waals surface area contributed by atoms with Crippen molar-refractivity contribution in [3.8, 4) is 11.5 Å². The molecule has 0 radical (unpaired) electrons. The molecule has 28 heavy (non-hydrogen) atoms. The average Bonchev–Trinajstić information content (AvgIpc) is 2.92. The Morgan fingerprint density at radius 1 is 1.14 bits per heavy atom. The Morgan fingerprint density at radius 3 is 2.50 bits per heavy atom. The molecule has 1 N–H and O–H groups in total. The molecule has 9 heteroatoms. The van der Waals surface area contributed by atoms with Gasteiger partial charge in [0.2, 0.25) is 0 Å². The van der Waals surface area contributed by atoms with Crippen LogP contribution in [-0.4, -0.2) is 34.3 Å². The molecule has 0 atom stereocenters. The van der Waals surface area contributed by atoms with Gasteiger partial charge in [0.15, 0.2) is 5.75 Å². The number of thioether (sulfide) groups is 1. The van der Waals surface area contributed by atoms with Gasteiger partial charge < -0.3 is 9.84 Å². The van der Waals surface area contributed by atoms with Gasteiger partial charge in [0.1, 0.15) is 12.4 Å². The predicted molar refractivity (Wildman–Crippen MR) is 112 cm³/mol. The molecule has 1 heterocycles. The Morgan fingerprint density at radius 2 is 1.82 bits per heavy atom. The topological polar surface area (TPSA) is 66.8 Å². The summed E-state index contributed by atoms with van der Waals surface area (Å²) in [7, 11) is 0. The highest BCUT2D eigenvalue weighted by Gasteiger charge is 2.35. The summed E-state index contributed by atoms with van der Waals surface area (Å²) in [6.07, 6.45) is 1.37. The largest absolute Gasteiger partial charge is 0.505 e. The minimum absolute atomic E-state index is 0.00601. The number of benzene rings is 2. The Hall–Kier alpha value is -1.86. The SMILES string of the molecule is Cc1ccc(OCCN2C(=O)S/C(=C\c3c(Cl)cc(Cl)c(O)c3Cl)C2=O)cc1. The Balaban J connectivity index is 1.72. The van der Waals surface area contributed by atoms with E-state index in [-0.39, 0.29) is 44.4 Å². The van der Waals surface area contributed by atoms with E-state index in [2.05, 4.69) is 0 Å². The molecule has 2 aromatic rings. The zero-order chi connectivity index (χ0) is 20.4. The van der Waals surface area contributed by atoms with E-state index in [1.54, 1.807) is 0 Å². The van der Waals surface area contributed by atoms with E-state index in [1.165, 1.54) is 12.1 Å². The maximum atomic E-state index is 12.6. The number of carbonyl (C=O) groups excluding carboxylic acids is 2. The second kappa shape index (κ2) is 8.66. The number of carbonyl (C=O) groups is 2. The van der Waals surface area contributed by atoms with Crippen LogP contribution in [0.1, 0.15) is 11.1 Å². The lowest BCUT2D eigenvalue weighted by molar-refractivity contribution is -0.123. The molecule has 2 aromatic carbocycles. The van der Waals surface area contributed by atoms with E-state index in [9.17, 15) is 14.7 Å². The van der Waals surface area contributed by atoms with E-state index in [1.807, 2.05) is 31.2 Å². The van der Waals surface area contributed by atoms with Crippen molar-refractivity contribution in [1.29, 1.82) is 0 Å². The Bertz CT molecular complexity index is 976. The third kappa shape index (κ3) is 4.41. The van der Waals surface area contributed by atoms with Crippen LogP contribution in [-0.2, 0) is 4.79 Å². The van der Waals surface area contributed by atoms with Gasteiger partial charge in [-0.25, -0.2) is 0 Å². The summed E-state index contributed by atoms with van der Waals surface area (Å²) in [4.78, 5) is 26.0. The molecule has 0 saturated carbocycles. The lowest BCUT2D eigenvalue weighted by Gasteiger charge is -2.13. The summed E-state index contributed by atoms with van der Waals surface area (Å²) in [6.45, 7) is 2.23. The lowest BCUT2D eigenvalue weighted by Crippen LogP contribution is -2.32. The minimum Gasteiger partial charge on any atom is -0.505 e. The van der Waals surface area contributed by atoms with Crippen molar-refractivity contribution in [2.75, 3.05) is 13.2 Å². The lowest BCUT2D eigenvalue weighted by atomic mass is 10.2. The van der Waals surface area contributed by atoms with Crippen molar-refractivity contribution < 1.29 is 19.4 Å². The van der Waals surface area contributed by atoms with Gasteiger partial charge in [-0.05, 0) is 43.0 Å². The molecule has 1 fully saturated rings. The molecule has 0 spiro atoms. The zero-order valence-corrected chi connectivity index (χ0v) is 17.6. The minimum atomic E-state index is -0.482. The zero-order valence-electron chi connectivity index (χ0n) is 14.5. The van der Waals surface area contributed by atoms with Crippen LogP contribution in [0.2, 0.25) is 15.1 Å². The van der Waals surface area contributed by atoms with Gasteiger partial charge in [0.05, 0.1) is 26.5 Å². The predicted octanol–water partition coefficient (Wildman–Crippen LogP) is 5.78. The first kappa shape index (κ1) is 20.9. The molecule has 5 nitrogen and oxygen atoms in total. The molecule has 146 valence electrons. The molecule has 0 aromatic heterocycles. The summed E-state index contributed by atoms with van der Waals surface area (Å²) in [6, 6.07) is 8.77. The number of halogens is 3. The third-order valence-corrected chi connectivity index (χ3v) is 5.83. The number of hydrogen-bond acceptors (Lipinski definition) is 5. The van der Waals surface area contributed by atoms with Crippen molar-refractivity contribution in [2.24, 2.45) is 0 Å². The average molecular weight is 459 g/mol. The van der Waals surface area contributed by atoms with Crippen LogP contribution < -0.4 is 4.74 Å². The smallest absolute Gasteiger partial charge is 0.293 e. The monoisotopic (exact) mass is 457 g/mol. The number of aryl methyl sites for hydroxylation is 1. The summed E-state index contributed by atoms with van der Waals surface area (Å²) < 4.78 is 5.58. The van der Waals surface area contributed by atoms with Crippen LogP contribution in [0.3, 0.4) is 0 Å². The second-order valence-corrected chi connectivity index (χ2v) is 8.10. The van der Waals surface area contributed by atoms with Crippen molar-refractivity contribution >= 4 is 63.8 Å². The Kier molecular flexibility index (Phi) is 6.45. The molecule has 1 aliphatic rings. The highest BCUT2D eigenvalue weighted by molar-refractivity contribution is 8.18. The number of amides is 2. The number of phenolic OH excluding ortho intramolecular Hbond substituents is 1. The van der Waals surface area contributed by atoms with Crippen LogP contribution in [0.15, 0.2) is 35.2 Å². The fraction of sp³-hybridized carbons (Fsp3) is 0.158. The van der Waals surface area contributed by atoms with Crippen LogP contribution in [0.25, 0.3) is 6.08 Å². The number of hydrogen-bond donors (Lipinski definition) is 1. The van der Waals surface area contributed by atoms with Crippen LogP contribution in [0.5, 0.6) is 11.5 Å². The molecule has 2 amide bonds. The number of nitrogens with zero attached hydrogens (tertiary/aromatic N) is 1. The van der Waals surface area contributed by atoms with Crippen molar-refractivity contribution in [2.45, 2.75) is 6.92 Å². The summed E-state index contributed by atoms with van der Waals surface area (Å²) >= 11 is 18.7. The van der Waals surface area contributed by atoms with Crippen molar-refractivity contribution in [3.63, 3.8) is 0 Å². The molecule has 0 aliphatic carbocycles. The van der Waals surface area contributed by atoms with E-state index < -0.39 is 11.1 Å². The number of ether oxygens (including phenoxy) is 1. The first-order chi connectivity index (χ1) is 13.3. The standard InChI is InChI=1S/C19H14Cl3NO4S/c1-10-2-4-11(5-3-10)27-7-6-23-18(25)15(28-19(23)26)8-12-13(20)9-14(21)17(24)16(12)22/h2-5,8-9,24H,6-7H2,1H3/b15-8-. The molecule has 1 aliphatic heterocycles. The first-order valence-corrected chi connectivity index (χ1v) is 10.0. The van der Waals surface area contributed by atoms with E-state index in [0.717, 1.165) is 22.2 Å². The normalized spacial score (nSPS) is 15.6. The summed E-state index contributed by atoms with van der Waals surface area (Å²) in [5.41, 5.74) is 1.32. The highest BCUT2D eigenvalue weighted by atomic mass is 35.5. The molecular formula is C19H14Cl3NO4S. The highest BCUT2D eigenvalue weighted by Crippen LogP contribution is 2.42. The van der Waals surface area contributed by atoms with Gasteiger partial charge in [0.25, 0.3) is 11.1 Å². The fourth-order valence-electron chi connectivity index (χ4n) is 2.44. The van der Waals surface area contributed by atoms with Crippen LogP contribution >= 0.6 is 46.6 Å². The van der Waals surface area contributed by atoms with Crippen LogP contribution in [0, 0.1) is 6.92 Å². The van der Waals surface area contributed by atoms with E-state index >= 15 is 0 Å². The number of phenols is 1. The quantitative estimate of drug-likeness (QED) is 0.576. The van der Waals surface area contributed by atoms with Gasteiger partial charge >= 0.3 is 0 Å². The van der Waals surface area contributed by atoms with Gasteiger partial charge in [-0.1, -0.05) is 52.5 Å². The number of aromatic hydroxyl groups is 1. The molecule has 0 unspecified atom stereocenters. The molecule has 1 saturated heterocycles. The molecular weight excluding hydrogens is 445 g/mol. The van der Waals surface area contributed by atoms with E-state index in [0.29, 0.717) is 5.75 Å². The number of rotatable bonds is 5. The number of imide groups is 1. The Labute approximate surface area is 180 Å². The van der Waals surface area contributed by atoms with Crippen molar-refractivity contribution in [3.05, 3.63) is 61.4 Å². The fourth-order valence-corrected chi connectivity index (χ4v) is 4.16. The van der Waals surface area contributed by atoms with Gasteiger partial charge in [-0.15, -0.1) is 0 Å². The maximum absolute atomic E-state index is 12.6. The van der Waals surface area contributed by atoms with Gasteiger partial charge in [0, 0.05) is 5.56 Å². The van der Waals surface area contributed by atoms with Crippen LogP contribution in [0.4, 0.5) is 4.79 Å². The molecule has 3 rings (SSSR count). The van der Waals surface area contributed by atoms with Crippen molar-refractivity contribution in [1.82, 2.24) is 4.90 Å². The molecule has 0 bridgehead atoms. The first-order valence-electron chi connectivity index (χ1n) is 8.09. The summed E-state index contributed by atoms with van der Waals surface area (Å²) in [5, 5.41) is 9.50. The van der Waals surface area contributed by atoms with E-state index in [4.69, 9.17) is 39.5 Å². The van der Waals surface area contributed by atoms with Gasteiger partial charge in [-0.3, -0.25) is 14.5 Å². The second-order valence-electron chi connectivity index (χ2n) is 5.91. The summed E-state index contributed by atoms with van der Waals surface area (Å²) in [5.74, 6) is -0.169. The maximum Gasteiger partial charge on any atom is 0.293 e. The third-order valence-electron chi connectivity index (χ3n) is 3.93.